The lowest BCUT2D eigenvalue weighted by Crippen LogP contribution is -2.05. The van der Waals surface area contributed by atoms with Crippen LogP contribution in [0.5, 0.6) is 0 Å². The number of rotatable bonds is 4. The maximum absolute atomic E-state index is 12.8. The van der Waals surface area contributed by atoms with Crippen LogP contribution in [0, 0.1) is 0 Å². The third-order valence-corrected chi connectivity index (χ3v) is 5.66. The molecule has 0 amide bonds. The summed E-state index contributed by atoms with van der Waals surface area (Å²) in [4.78, 5) is 12.8. The predicted octanol–water partition coefficient (Wildman–Crippen LogP) is 6.90. The van der Waals surface area contributed by atoms with E-state index in [9.17, 15) is 4.79 Å². The Balaban J connectivity index is 1.71. The Hall–Kier alpha value is -2.16. The summed E-state index contributed by atoms with van der Waals surface area (Å²) >= 11 is 9.69. The van der Waals surface area contributed by atoms with Gasteiger partial charge in [-0.1, -0.05) is 88.2 Å². The molecule has 0 saturated carbocycles. The van der Waals surface area contributed by atoms with Crippen LogP contribution in [0.4, 0.5) is 0 Å². The first-order valence-electron chi connectivity index (χ1n) is 8.48. The number of halogens is 2. The van der Waals surface area contributed by atoms with Crippen LogP contribution in [0.15, 0.2) is 83.3 Å². The number of ketones is 1. The Labute approximate surface area is 166 Å². The average Bonchev–Trinajstić information content (AvgIpc) is 3.01. The lowest BCUT2D eigenvalue weighted by molar-refractivity contribution is 0.0978. The first-order chi connectivity index (χ1) is 12.6. The molecule has 0 N–H and O–H groups in total. The molecule has 1 nitrogen and oxygen atoms in total. The third kappa shape index (κ3) is 3.27. The van der Waals surface area contributed by atoms with E-state index in [4.69, 9.17) is 11.6 Å². The van der Waals surface area contributed by atoms with Gasteiger partial charge in [0.1, 0.15) is 0 Å². The molecule has 0 spiro atoms. The zero-order chi connectivity index (χ0) is 18.1. The van der Waals surface area contributed by atoms with E-state index >= 15 is 0 Å². The molecule has 0 radical (unpaired) electrons. The van der Waals surface area contributed by atoms with E-state index in [0.29, 0.717) is 17.0 Å². The molecular weight excluding hydrogens is 408 g/mol. The fraction of sp³-hybridized carbons (Fsp3) is 0.0870. The number of allylic oxidation sites excluding steroid dienone is 1. The predicted molar refractivity (Wildman–Crippen MR) is 111 cm³/mol. The number of benzene rings is 3. The zero-order valence-electron chi connectivity index (χ0n) is 14.0. The number of carbonyl (C=O) groups excluding carboxylic acids is 1. The molecule has 1 aliphatic rings. The van der Waals surface area contributed by atoms with Crippen molar-refractivity contribution in [1.29, 1.82) is 0 Å². The monoisotopic (exact) mass is 422 g/mol. The van der Waals surface area contributed by atoms with Crippen molar-refractivity contribution in [2.75, 3.05) is 0 Å². The number of carbonyl (C=O) groups is 1. The van der Waals surface area contributed by atoms with Crippen LogP contribution in [0.25, 0.3) is 5.57 Å². The van der Waals surface area contributed by atoms with Crippen molar-refractivity contribution < 1.29 is 4.79 Å². The molecule has 3 heteroatoms. The van der Waals surface area contributed by atoms with E-state index in [2.05, 4.69) is 40.2 Å². The molecule has 3 aromatic carbocycles. The minimum absolute atomic E-state index is 0.0692. The van der Waals surface area contributed by atoms with E-state index in [1.165, 1.54) is 16.7 Å². The Morgan fingerprint density at radius 1 is 0.923 bits per heavy atom. The van der Waals surface area contributed by atoms with Gasteiger partial charge in [-0.25, -0.2) is 0 Å². The molecule has 0 fully saturated rings. The second-order valence-electron chi connectivity index (χ2n) is 6.39. The van der Waals surface area contributed by atoms with Gasteiger partial charge in [0.15, 0.2) is 5.78 Å². The highest BCUT2D eigenvalue weighted by Crippen LogP contribution is 2.43. The molecule has 0 aliphatic heterocycles. The highest BCUT2D eigenvalue weighted by atomic mass is 79.9. The standard InChI is InChI=1S/C23H16BrClO/c24-22-11-4-3-10-20(22)21-13-16(18-8-1-2-9-19(18)21)14-23(26)15-6-5-7-17(25)12-15/h1-13,16H,14H2/t16-/m1/s1. The van der Waals surface area contributed by atoms with Crippen LogP contribution in [-0.2, 0) is 0 Å². The fourth-order valence-electron chi connectivity index (χ4n) is 3.51. The number of Topliss-reactive ketones (excluding diaryl/α,β-unsaturated/α-hetero) is 1. The van der Waals surface area contributed by atoms with Gasteiger partial charge in [0.05, 0.1) is 0 Å². The summed E-state index contributed by atoms with van der Waals surface area (Å²) < 4.78 is 1.06. The van der Waals surface area contributed by atoms with Crippen LogP contribution in [0.1, 0.15) is 39.4 Å². The van der Waals surface area contributed by atoms with Crippen molar-refractivity contribution in [1.82, 2.24) is 0 Å². The highest BCUT2D eigenvalue weighted by Gasteiger charge is 2.26. The Morgan fingerprint density at radius 2 is 1.65 bits per heavy atom. The average molecular weight is 424 g/mol. The van der Waals surface area contributed by atoms with E-state index in [1.807, 2.05) is 42.5 Å². The second kappa shape index (κ2) is 7.22. The number of hydrogen-bond acceptors (Lipinski definition) is 1. The zero-order valence-corrected chi connectivity index (χ0v) is 16.3. The Bertz CT molecular complexity index is 1020. The molecule has 3 aromatic rings. The van der Waals surface area contributed by atoms with Crippen LogP contribution in [0.2, 0.25) is 5.02 Å². The van der Waals surface area contributed by atoms with Crippen LogP contribution in [-0.4, -0.2) is 5.78 Å². The van der Waals surface area contributed by atoms with Gasteiger partial charge < -0.3 is 0 Å². The van der Waals surface area contributed by atoms with Crippen LogP contribution < -0.4 is 0 Å². The van der Waals surface area contributed by atoms with E-state index < -0.39 is 0 Å². The summed E-state index contributed by atoms with van der Waals surface area (Å²) in [6.45, 7) is 0. The van der Waals surface area contributed by atoms with Crippen molar-refractivity contribution in [2.24, 2.45) is 0 Å². The van der Waals surface area contributed by atoms with Gasteiger partial charge in [0, 0.05) is 27.4 Å². The van der Waals surface area contributed by atoms with Crippen molar-refractivity contribution in [3.8, 4) is 0 Å². The Morgan fingerprint density at radius 3 is 2.42 bits per heavy atom. The molecule has 0 heterocycles. The molecule has 1 atom stereocenters. The quantitative estimate of drug-likeness (QED) is 0.417. The van der Waals surface area contributed by atoms with Gasteiger partial charge in [0.25, 0.3) is 0 Å². The van der Waals surface area contributed by atoms with Gasteiger partial charge in [-0.05, 0) is 40.5 Å². The molecule has 0 aromatic heterocycles. The normalized spacial score (nSPS) is 15.5. The van der Waals surface area contributed by atoms with E-state index in [0.717, 1.165) is 10.0 Å². The van der Waals surface area contributed by atoms with Crippen molar-refractivity contribution in [3.05, 3.63) is 111 Å². The largest absolute Gasteiger partial charge is 0.294 e. The molecule has 0 bridgehead atoms. The van der Waals surface area contributed by atoms with Gasteiger partial charge in [-0.2, -0.15) is 0 Å². The molecule has 0 saturated heterocycles. The second-order valence-corrected chi connectivity index (χ2v) is 7.68. The summed E-state index contributed by atoms with van der Waals surface area (Å²) in [5, 5.41) is 0.590. The lowest BCUT2D eigenvalue weighted by Gasteiger charge is -2.10. The molecular formula is C23H16BrClO. The lowest BCUT2D eigenvalue weighted by atomic mass is 9.93. The van der Waals surface area contributed by atoms with Crippen LogP contribution >= 0.6 is 27.5 Å². The Kier molecular flexibility index (Phi) is 4.80. The summed E-state index contributed by atoms with van der Waals surface area (Å²) in [5.74, 6) is 0.178. The summed E-state index contributed by atoms with van der Waals surface area (Å²) in [6.07, 6.45) is 2.65. The SMILES string of the molecule is O=C(C[C@H]1C=C(c2ccccc2Br)c2ccccc21)c1cccc(Cl)c1. The van der Waals surface area contributed by atoms with Gasteiger partial charge in [-0.15, -0.1) is 0 Å². The van der Waals surface area contributed by atoms with E-state index in [-0.39, 0.29) is 11.7 Å². The summed E-state index contributed by atoms with van der Waals surface area (Å²) in [7, 11) is 0. The number of hydrogen-bond donors (Lipinski definition) is 0. The molecule has 26 heavy (non-hydrogen) atoms. The molecule has 128 valence electrons. The summed E-state index contributed by atoms with van der Waals surface area (Å²) in [6, 6.07) is 23.7. The first-order valence-corrected chi connectivity index (χ1v) is 9.65. The van der Waals surface area contributed by atoms with Crippen LogP contribution in [0.3, 0.4) is 0 Å². The smallest absolute Gasteiger partial charge is 0.163 e. The first kappa shape index (κ1) is 17.3. The van der Waals surface area contributed by atoms with Gasteiger partial charge in [0.2, 0.25) is 0 Å². The summed E-state index contributed by atoms with van der Waals surface area (Å²) in [5.41, 5.74) is 5.39. The minimum Gasteiger partial charge on any atom is -0.294 e. The molecule has 0 unspecified atom stereocenters. The topological polar surface area (TPSA) is 17.1 Å². The minimum atomic E-state index is 0.0692. The third-order valence-electron chi connectivity index (χ3n) is 4.73. The maximum Gasteiger partial charge on any atom is 0.163 e. The highest BCUT2D eigenvalue weighted by molar-refractivity contribution is 9.10. The van der Waals surface area contributed by atoms with Crippen molar-refractivity contribution in [2.45, 2.75) is 12.3 Å². The van der Waals surface area contributed by atoms with E-state index in [1.54, 1.807) is 12.1 Å². The fourth-order valence-corrected chi connectivity index (χ4v) is 4.20. The van der Waals surface area contributed by atoms with Gasteiger partial charge >= 0.3 is 0 Å². The molecule has 4 rings (SSSR count). The van der Waals surface area contributed by atoms with Crippen molar-refractivity contribution in [3.63, 3.8) is 0 Å². The van der Waals surface area contributed by atoms with Crippen molar-refractivity contribution >= 4 is 38.9 Å². The van der Waals surface area contributed by atoms with Gasteiger partial charge in [-0.3, -0.25) is 4.79 Å². The number of fused-ring (bicyclic) bond motifs is 1. The maximum atomic E-state index is 12.8. The molecule has 1 aliphatic carbocycles.